The molecule has 2 amide bonds. The van der Waals surface area contributed by atoms with Crippen LogP contribution in [0.25, 0.3) is 27.5 Å². The maximum atomic E-state index is 13.6. The molecule has 6 rings (SSSR count). The lowest BCUT2D eigenvalue weighted by molar-refractivity contribution is -0.144. The molecule has 0 saturated carbocycles. The van der Waals surface area contributed by atoms with Gasteiger partial charge in [-0.3, -0.25) is 14.5 Å². The van der Waals surface area contributed by atoms with E-state index in [1.807, 2.05) is 51.7 Å². The Balaban J connectivity index is 1.34. The van der Waals surface area contributed by atoms with E-state index in [0.29, 0.717) is 35.8 Å². The van der Waals surface area contributed by atoms with Crippen molar-refractivity contribution in [2.24, 2.45) is 5.41 Å². The average molecular weight is 601 g/mol. The topological polar surface area (TPSA) is 99.0 Å². The molecule has 2 atom stereocenters. The first-order chi connectivity index (χ1) is 20.7. The van der Waals surface area contributed by atoms with Gasteiger partial charge in [-0.05, 0) is 61.5 Å². The normalized spacial score (nSPS) is 18.4. The molecule has 226 valence electrons. The van der Waals surface area contributed by atoms with Crippen LogP contribution in [0.4, 0.5) is 5.82 Å². The van der Waals surface area contributed by atoms with Crippen LogP contribution in [0.5, 0.6) is 0 Å². The maximum Gasteiger partial charge on any atom is 0.251 e. The number of anilines is 1. The second-order valence-electron chi connectivity index (χ2n) is 12.4. The van der Waals surface area contributed by atoms with Crippen molar-refractivity contribution in [3.63, 3.8) is 0 Å². The van der Waals surface area contributed by atoms with E-state index in [2.05, 4.69) is 49.9 Å². The van der Waals surface area contributed by atoms with E-state index in [1.54, 1.807) is 22.0 Å². The second-order valence-corrected chi connectivity index (χ2v) is 13.3. The van der Waals surface area contributed by atoms with Crippen molar-refractivity contribution in [3.8, 4) is 21.8 Å². The number of amides is 2. The average Bonchev–Trinajstić information content (AvgIpc) is 3.64. The van der Waals surface area contributed by atoms with Crippen LogP contribution in [0, 0.1) is 5.41 Å². The van der Waals surface area contributed by atoms with Gasteiger partial charge in [-0.25, -0.2) is 14.5 Å². The predicted octanol–water partition coefficient (Wildman–Crippen LogP) is 4.43. The molecule has 0 aliphatic carbocycles. The lowest BCUT2D eigenvalue weighted by Gasteiger charge is -2.50. The molecule has 2 aliphatic rings. The van der Waals surface area contributed by atoms with Gasteiger partial charge in [-0.2, -0.15) is 5.10 Å². The highest BCUT2D eigenvalue weighted by molar-refractivity contribution is 7.13. The van der Waals surface area contributed by atoms with E-state index >= 15 is 0 Å². The first kappa shape index (κ1) is 29.3. The molecule has 0 aromatic carbocycles. The number of fused-ring (bicyclic) bond motifs is 1. The Kier molecular flexibility index (Phi) is 7.95. The molecule has 4 aromatic heterocycles. The van der Waals surface area contributed by atoms with Crippen molar-refractivity contribution in [3.05, 3.63) is 53.7 Å². The van der Waals surface area contributed by atoms with Crippen molar-refractivity contribution < 1.29 is 9.59 Å². The number of thiophene rings is 1. The number of pyridine rings is 1. The lowest BCUT2D eigenvalue weighted by atomic mass is 9.83. The van der Waals surface area contributed by atoms with Crippen molar-refractivity contribution in [2.75, 3.05) is 44.2 Å². The third-order valence-electron chi connectivity index (χ3n) is 8.63. The smallest absolute Gasteiger partial charge is 0.251 e. The van der Waals surface area contributed by atoms with E-state index in [4.69, 9.17) is 9.97 Å². The zero-order valence-corrected chi connectivity index (χ0v) is 26.4. The standard InChI is InChI=1S/C32H40N8O2S/c1-6-37(7-2)21(3)17-33-30(41)22-15-25(23-18-34-40-13-10-24(36-29(23)40)27-9-8-14-43-27)35-28(16-22)39-12-11-26(39)31(42)38-19-32(4,5)20-38/h8-10,13-16,18,21,26H,6-7,11-12,17,19-20H2,1-5H3,(H,33,41)/t21-,26-/m0/s1. The van der Waals surface area contributed by atoms with Gasteiger partial charge in [0.25, 0.3) is 5.91 Å². The molecule has 43 heavy (non-hydrogen) atoms. The Hall–Kier alpha value is -3.83. The van der Waals surface area contributed by atoms with Crippen LogP contribution in [-0.4, -0.2) is 92.5 Å². The maximum absolute atomic E-state index is 13.6. The summed E-state index contributed by atoms with van der Waals surface area (Å²) in [6.45, 7) is 15.4. The van der Waals surface area contributed by atoms with Crippen LogP contribution in [-0.2, 0) is 4.79 Å². The first-order valence-corrected chi connectivity index (χ1v) is 16.0. The van der Waals surface area contributed by atoms with Crippen molar-refractivity contribution in [1.29, 1.82) is 0 Å². The van der Waals surface area contributed by atoms with Crippen LogP contribution in [0.2, 0.25) is 0 Å². The summed E-state index contributed by atoms with van der Waals surface area (Å²) in [5.74, 6) is 0.591. The van der Waals surface area contributed by atoms with Crippen LogP contribution in [0.15, 0.2) is 48.1 Å². The Morgan fingerprint density at radius 3 is 2.58 bits per heavy atom. The fourth-order valence-electron chi connectivity index (χ4n) is 6.13. The van der Waals surface area contributed by atoms with Gasteiger partial charge < -0.3 is 15.1 Å². The van der Waals surface area contributed by atoms with Crippen molar-refractivity contribution in [2.45, 2.75) is 53.1 Å². The Bertz CT molecular complexity index is 1620. The van der Waals surface area contributed by atoms with Gasteiger partial charge in [-0.1, -0.05) is 33.8 Å². The summed E-state index contributed by atoms with van der Waals surface area (Å²) < 4.78 is 1.73. The highest BCUT2D eigenvalue weighted by atomic mass is 32.1. The van der Waals surface area contributed by atoms with Gasteiger partial charge in [0.2, 0.25) is 5.91 Å². The van der Waals surface area contributed by atoms with Gasteiger partial charge in [0, 0.05) is 44.0 Å². The summed E-state index contributed by atoms with van der Waals surface area (Å²) in [5.41, 5.74) is 3.52. The quantitative estimate of drug-likeness (QED) is 0.288. The molecule has 0 bridgehead atoms. The molecule has 10 nitrogen and oxygen atoms in total. The molecule has 11 heteroatoms. The first-order valence-electron chi connectivity index (χ1n) is 15.2. The van der Waals surface area contributed by atoms with Crippen molar-refractivity contribution in [1.82, 2.24) is 34.7 Å². The van der Waals surface area contributed by atoms with Crippen LogP contribution in [0.3, 0.4) is 0 Å². The van der Waals surface area contributed by atoms with Gasteiger partial charge in [0.15, 0.2) is 5.65 Å². The van der Waals surface area contributed by atoms with E-state index in [1.165, 1.54) is 0 Å². The minimum atomic E-state index is -0.273. The number of nitrogens with zero attached hydrogens (tertiary/aromatic N) is 7. The number of hydrogen-bond acceptors (Lipinski definition) is 8. The Morgan fingerprint density at radius 2 is 1.93 bits per heavy atom. The zero-order valence-electron chi connectivity index (χ0n) is 25.6. The number of likely N-dealkylation sites (N-methyl/N-ethyl adjacent to an activating group) is 1. The predicted molar refractivity (Wildman–Crippen MR) is 170 cm³/mol. The Labute approximate surface area is 256 Å². The van der Waals surface area contributed by atoms with Crippen LogP contribution >= 0.6 is 11.3 Å². The molecule has 2 fully saturated rings. The molecule has 2 saturated heterocycles. The molecule has 4 aromatic rings. The minimum Gasteiger partial charge on any atom is -0.350 e. The van der Waals surface area contributed by atoms with E-state index < -0.39 is 0 Å². The van der Waals surface area contributed by atoms with E-state index in [0.717, 1.165) is 48.7 Å². The van der Waals surface area contributed by atoms with Crippen LogP contribution < -0.4 is 10.2 Å². The number of aromatic nitrogens is 4. The van der Waals surface area contributed by atoms with Gasteiger partial charge >= 0.3 is 0 Å². The number of likely N-dealkylation sites (tertiary alicyclic amines) is 1. The third kappa shape index (κ3) is 5.75. The zero-order chi connectivity index (χ0) is 30.3. The molecule has 0 spiro atoms. The molecule has 0 radical (unpaired) electrons. The fourth-order valence-corrected chi connectivity index (χ4v) is 6.83. The summed E-state index contributed by atoms with van der Waals surface area (Å²) in [7, 11) is 0. The summed E-state index contributed by atoms with van der Waals surface area (Å²) in [5, 5.41) is 9.69. The molecule has 0 unspecified atom stereocenters. The number of hydrogen-bond donors (Lipinski definition) is 1. The van der Waals surface area contributed by atoms with Gasteiger partial charge in [-0.15, -0.1) is 11.3 Å². The number of rotatable bonds is 10. The summed E-state index contributed by atoms with van der Waals surface area (Å²) in [4.78, 5) is 44.3. The third-order valence-corrected chi connectivity index (χ3v) is 9.53. The van der Waals surface area contributed by atoms with Crippen molar-refractivity contribution >= 4 is 34.6 Å². The van der Waals surface area contributed by atoms with E-state index in [9.17, 15) is 9.59 Å². The molecular formula is C32H40N8O2S. The molecular weight excluding hydrogens is 560 g/mol. The second kappa shape index (κ2) is 11.7. The van der Waals surface area contributed by atoms with E-state index in [-0.39, 0.29) is 29.3 Å². The largest absolute Gasteiger partial charge is 0.350 e. The van der Waals surface area contributed by atoms with Crippen LogP contribution in [0.1, 0.15) is 51.4 Å². The highest BCUT2D eigenvalue weighted by Crippen LogP contribution is 2.35. The summed E-state index contributed by atoms with van der Waals surface area (Å²) in [6, 6.07) is 9.56. The lowest BCUT2D eigenvalue weighted by Crippen LogP contribution is -2.64. The minimum absolute atomic E-state index is 0.134. The number of carbonyl (C=O) groups excluding carboxylic acids is 2. The summed E-state index contributed by atoms with van der Waals surface area (Å²) in [6.07, 6.45) is 4.41. The molecule has 1 N–H and O–H groups in total. The SMILES string of the molecule is CCN(CC)[C@@H](C)CNC(=O)c1cc(-c2cnn3ccc(-c4cccs4)nc23)nc(N2CC[C@H]2C(=O)N2CC(C)(C)C2)c1. The molecule has 2 aliphatic heterocycles. The number of nitrogens with one attached hydrogen (secondary N) is 1. The highest BCUT2D eigenvalue weighted by Gasteiger charge is 2.44. The monoisotopic (exact) mass is 600 g/mol. The summed E-state index contributed by atoms with van der Waals surface area (Å²) >= 11 is 1.63. The fraction of sp³-hybridized carbons (Fsp3) is 0.469. The number of carbonyl (C=O) groups is 2. The molecule has 6 heterocycles. The Morgan fingerprint density at radius 1 is 1.14 bits per heavy atom. The van der Waals surface area contributed by atoms with Gasteiger partial charge in [0.05, 0.1) is 28.0 Å². The van der Waals surface area contributed by atoms with Gasteiger partial charge in [0.1, 0.15) is 11.9 Å².